The maximum Gasteiger partial charge on any atom is 0.289 e. The lowest BCUT2D eigenvalue weighted by Crippen LogP contribution is -2.50. The SMILES string of the molecule is C=CCNC(=O)C(=O)C(CO)NC(=O)[C@@H]1CCCC(C(=O)[C@@H](N)C(C)(C)C)CC1. The van der Waals surface area contributed by atoms with E-state index in [9.17, 15) is 24.3 Å². The summed E-state index contributed by atoms with van der Waals surface area (Å²) in [6, 6.07) is -1.84. The predicted molar refractivity (Wildman–Crippen MR) is 110 cm³/mol. The molecular weight excluding hydrogens is 374 g/mol. The van der Waals surface area contributed by atoms with Crippen LogP contribution in [0.3, 0.4) is 0 Å². The van der Waals surface area contributed by atoms with Crippen molar-refractivity contribution < 1.29 is 24.3 Å². The number of nitrogens with one attached hydrogen (secondary N) is 2. The molecular formula is C21H35N3O5. The van der Waals surface area contributed by atoms with E-state index in [1.165, 1.54) is 6.08 Å². The van der Waals surface area contributed by atoms with Gasteiger partial charge >= 0.3 is 0 Å². The van der Waals surface area contributed by atoms with E-state index in [2.05, 4.69) is 17.2 Å². The Morgan fingerprint density at radius 1 is 1.14 bits per heavy atom. The highest BCUT2D eigenvalue weighted by Gasteiger charge is 2.35. The van der Waals surface area contributed by atoms with Crippen LogP contribution in [0.4, 0.5) is 0 Å². The van der Waals surface area contributed by atoms with Gasteiger partial charge in [-0.15, -0.1) is 6.58 Å². The molecule has 0 heterocycles. The standard InChI is InChI=1S/C21H35N3O5/c1-5-11-23-20(29)17(27)15(12-25)24-19(28)14-8-6-7-13(9-10-14)16(26)18(22)21(2,3)4/h5,13-15,18,25H,1,6-12,22H2,2-4H3,(H,23,29)(H,24,28)/t13?,14-,15?,18-/m1/s1. The van der Waals surface area contributed by atoms with Gasteiger partial charge in [0.05, 0.1) is 12.6 Å². The zero-order valence-corrected chi connectivity index (χ0v) is 17.7. The number of Topliss-reactive ketones (excluding diaryl/α,β-unsaturated/α-hetero) is 2. The van der Waals surface area contributed by atoms with Crippen LogP contribution in [0.2, 0.25) is 0 Å². The first kappa shape index (κ1) is 25.0. The molecule has 1 rings (SSSR count). The molecule has 0 bridgehead atoms. The number of rotatable bonds is 9. The van der Waals surface area contributed by atoms with Crippen LogP contribution in [-0.2, 0) is 19.2 Å². The topological polar surface area (TPSA) is 139 Å². The summed E-state index contributed by atoms with van der Waals surface area (Å²) in [6.45, 7) is 8.68. The summed E-state index contributed by atoms with van der Waals surface area (Å²) in [6.07, 6.45) is 4.43. The van der Waals surface area contributed by atoms with Gasteiger partial charge in [-0.25, -0.2) is 0 Å². The van der Waals surface area contributed by atoms with Gasteiger partial charge < -0.3 is 21.5 Å². The van der Waals surface area contributed by atoms with E-state index in [-0.39, 0.29) is 35.5 Å². The zero-order chi connectivity index (χ0) is 22.2. The van der Waals surface area contributed by atoms with Gasteiger partial charge in [0.2, 0.25) is 11.7 Å². The fourth-order valence-electron chi connectivity index (χ4n) is 3.42. The molecule has 1 aliphatic rings. The Morgan fingerprint density at radius 3 is 2.28 bits per heavy atom. The normalized spacial score (nSPS) is 22.0. The molecule has 0 aromatic heterocycles. The molecule has 0 radical (unpaired) electrons. The first-order valence-electron chi connectivity index (χ1n) is 10.2. The molecule has 0 aromatic rings. The maximum absolute atomic E-state index is 12.7. The maximum atomic E-state index is 12.7. The van der Waals surface area contributed by atoms with Crippen LogP contribution in [0, 0.1) is 17.3 Å². The van der Waals surface area contributed by atoms with Crippen LogP contribution in [0.25, 0.3) is 0 Å². The summed E-state index contributed by atoms with van der Waals surface area (Å²) in [5.41, 5.74) is 5.79. The fraction of sp³-hybridized carbons (Fsp3) is 0.714. The molecule has 4 atom stereocenters. The van der Waals surface area contributed by atoms with Crippen LogP contribution < -0.4 is 16.4 Å². The van der Waals surface area contributed by atoms with E-state index < -0.39 is 30.4 Å². The monoisotopic (exact) mass is 409 g/mol. The largest absolute Gasteiger partial charge is 0.394 e. The second-order valence-corrected chi connectivity index (χ2v) is 8.75. The minimum atomic E-state index is -1.29. The van der Waals surface area contributed by atoms with E-state index in [1.54, 1.807) is 0 Å². The molecule has 2 amide bonds. The molecule has 0 saturated heterocycles. The third-order valence-corrected chi connectivity index (χ3v) is 5.43. The van der Waals surface area contributed by atoms with Gasteiger partial charge in [-0.2, -0.15) is 0 Å². The Labute approximate surface area is 172 Å². The van der Waals surface area contributed by atoms with E-state index in [0.717, 1.165) is 0 Å². The van der Waals surface area contributed by atoms with Crippen molar-refractivity contribution in [3.05, 3.63) is 12.7 Å². The minimum Gasteiger partial charge on any atom is -0.394 e. The highest BCUT2D eigenvalue weighted by Crippen LogP contribution is 2.31. The molecule has 1 saturated carbocycles. The minimum absolute atomic E-state index is 0.0286. The molecule has 1 fully saturated rings. The molecule has 29 heavy (non-hydrogen) atoms. The average molecular weight is 410 g/mol. The summed E-state index contributed by atoms with van der Waals surface area (Å²) in [5, 5.41) is 14.2. The number of carbonyl (C=O) groups excluding carboxylic acids is 4. The Kier molecular flexibility index (Phi) is 9.65. The van der Waals surface area contributed by atoms with Gasteiger partial charge in [-0.05, 0) is 31.1 Å². The molecule has 0 spiro atoms. The van der Waals surface area contributed by atoms with Gasteiger partial charge in [0, 0.05) is 18.4 Å². The highest BCUT2D eigenvalue weighted by molar-refractivity contribution is 6.38. The van der Waals surface area contributed by atoms with E-state index >= 15 is 0 Å². The van der Waals surface area contributed by atoms with E-state index in [0.29, 0.717) is 32.1 Å². The van der Waals surface area contributed by atoms with Crippen molar-refractivity contribution in [1.29, 1.82) is 0 Å². The smallest absolute Gasteiger partial charge is 0.289 e. The van der Waals surface area contributed by atoms with Crippen molar-refractivity contribution in [3.8, 4) is 0 Å². The average Bonchev–Trinajstić information content (AvgIpc) is 2.93. The molecule has 0 aromatic carbocycles. The predicted octanol–water partition coefficient (Wildman–Crippen LogP) is 0.474. The van der Waals surface area contributed by atoms with Crippen LogP contribution in [0.5, 0.6) is 0 Å². The van der Waals surface area contributed by atoms with Gasteiger partial charge in [0.1, 0.15) is 6.04 Å². The number of hydrogen-bond donors (Lipinski definition) is 4. The summed E-state index contributed by atoms with van der Waals surface area (Å²) in [4.78, 5) is 49.1. The summed E-state index contributed by atoms with van der Waals surface area (Å²) in [5.74, 6) is -2.70. The van der Waals surface area contributed by atoms with Crippen molar-refractivity contribution in [1.82, 2.24) is 10.6 Å². The lowest BCUT2D eigenvalue weighted by molar-refractivity contribution is -0.141. The summed E-state index contributed by atoms with van der Waals surface area (Å²) >= 11 is 0. The number of aliphatic hydroxyl groups is 1. The quantitative estimate of drug-likeness (QED) is 0.248. The van der Waals surface area contributed by atoms with Gasteiger partial charge in [0.15, 0.2) is 5.78 Å². The highest BCUT2D eigenvalue weighted by atomic mass is 16.3. The third kappa shape index (κ3) is 7.36. The lowest BCUT2D eigenvalue weighted by Gasteiger charge is -2.29. The number of aliphatic hydroxyl groups excluding tert-OH is 1. The first-order chi connectivity index (χ1) is 13.5. The lowest BCUT2D eigenvalue weighted by atomic mass is 9.79. The van der Waals surface area contributed by atoms with Gasteiger partial charge in [-0.3, -0.25) is 19.2 Å². The second-order valence-electron chi connectivity index (χ2n) is 8.75. The molecule has 8 heteroatoms. The Hall–Kier alpha value is -2.06. The molecule has 1 aliphatic carbocycles. The molecule has 5 N–H and O–H groups in total. The Balaban J connectivity index is 2.67. The second kappa shape index (κ2) is 11.2. The molecule has 8 nitrogen and oxygen atoms in total. The van der Waals surface area contributed by atoms with Crippen LogP contribution in [0.15, 0.2) is 12.7 Å². The van der Waals surface area contributed by atoms with Crippen molar-refractivity contribution in [3.63, 3.8) is 0 Å². The van der Waals surface area contributed by atoms with E-state index in [1.807, 2.05) is 20.8 Å². The number of amides is 2. The van der Waals surface area contributed by atoms with Crippen molar-refractivity contribution in [2.75, 3.05) is 13.2 Å². The molecule has 2 unspecified atom stereocenters. The summed E-state index contributed by atoms with van der Waals surface area (Å²) < 4.78 is 0. The number of carbonyl (C=O) groups is 4. The molecule has 0 aliphatic heterocycles. The van der Waals surface area contributed by atoms with E-state index in [4.69, 9.17) is 5.73 Å². The number of hydrogen-bond acceptors (Lipinski definition) is 6. The Morgan fingerprint density at radius 2 is 1.72 bits per heavy atom. The van der Waals surface area contributed by atoms with Gasteiger partial charge in [0.25, 0.3) is 5.91 Å². The Bertz CT molecular complexity index is 626. The van der Waals surface area contributed by atoms with Crippen LogP contribution >= 0.6 is 0 Å². The van der Waals surface area contributed by atoms with Crippen LogP contribution in [0.1, 0.15) is 52.9 Å². The number of ketones is 2. The third-order valence-electron chi connectivity index (χ3n) is 5.43. The first-order valence-corrected chi connectivity index (χ1v) is 10.2. The van der Waals surface area contributed by atoms with Crippen LogP contribution in [-0.4, -0.2) is 53.7 Å². The zero-order valence-electron chi connectivity index (χ0n) is 17.7. The molecule has 164 valence electrons. The van der Waals surface area contributed by atoms with Crippen molar-refractivity contribution >= 4 is 23.4 Å². The van der Waals surface area contributed by atoms with Gasteiger partial charge in [-0.1, -0.05) is 33.3 Å². The van der Waals surface area contributed by atoms with Crippen molar-refractivity contribution in [2.24, 2.45) is 23.0 Å². The fourth-order valence-corrected chi connectivity index (χ4v) is 3.42. The summed E-state index contributed by atoms with van der Waals surface area (Å²) in [7, 11) is 0. The number of nitrogens with two attached hydrogens (primary N) is 1. The van der Waals surface area contributed by atoms with Crippen molar-refractivity contribution in [2.45, 2.75) is 65.0 Å².